The quantitative estimate of drug-likeness (QED) is 0.772. The molecule has 1 heterocycles. The first-order valence-corrected chi connectivity index (χ1v) is 6.07. The zero-order chi connectivity index (χ0) is 12.2. The average molecular weight is 228 g/mol. The van der Waals surface area contributed by atoms with E-state index < -0.39 is 5.60 Å². The van der Waals surface area contributed by atoms with Gasteiger partial charge in [-0.05, 0) is 59.5 Å². The van der Waals surface area contributed by atoms with Gasteiger partial charge in [-0.15, -0.1) is 0 Å². The number of hydrogen-bond donors (Lipinski definition) is 2. The molecule has 16 heavy (non-hydrogen) atoms. The number of ether oxygens (including phenoxy) is 1. The third-order valence-electron chi connectivity index (χ3n) is 2.64. The van der Waals surface area contributed by atoms with Crippen LogP contribution in [0.3, 0.4) is 0 Å². The second-order valence-electron chi connectivity index (χ2n) is 5.65. The Bertz CT molecular complexity index is 232. The highest BCUT2D eigenvalue weighted by atomic mass is 16.6. The molecule has 0 radical (unpaired) electrons. The van der Waals surface area contributed by atoms with Crippen LogP contribution in [0.5, 0.6) is 0 Å². The Morgan fingerprint density at radius 2 is 2.12 bits per heavy atom. The molecule has 0 bridgehead atoms. The van der Waals surface area contributed by atoms with Gasteiger partial charge in [-0.2, -0.15) is 0 Å². The van der Waals surface area contributed by atoms with Crippen molar-refractivity contribution < 1.29 is 9.53 Å². The maximum atomic E-state index is 11.5. The van der Waals surface area contributed by atoms with E-state index in [0.717, 1.165) is 25.4 Å². The second-order valence-corrected chi connectivity index (χ2v) is 5.65. The van der Waals surface area contributed by atoms with Crippen LogP contribution in [0.1, 0.15) is 40.5 Å². The van der Waals surface area contributed by atoms with E-state index in [4.69, 9.17) is 4.74 Å². The highest BCUT2D eigenvalue weighted by Gasteiger charge is 2.20. The molecule has 0 aliphatic carbocycles. The first-order valence-electron chi connectivity index (χ1n) is 6.07. The van der Waals surface area contributed by atoms with E-state index in [-0.39, 0.29) is 12.1 Å². The lowest BCUT2D eigenvalue weighted by molar-refractivity contribution is 0.0504. The van der Waals surface area contributed by atoms with Crippen LogP contribution in [0.4, 0.5) is 4.79 Å². The second kappa shape index (κ2) is 5.53. The van der Waals surface area contributed by atoms with Crippen LogP contribution in [-0.4, -0.2) is 30.8 Å². The van der Waals surface area contributed by atoms with Crippen molar-refractivity contribution in [2.45, 2.75) is 52.2 Å². The van der Waals surface area contributed by atoms with Gasteiger partial charge in [0.1, 0.15) is 5.60 Å². The predicted octanol–water partition coefficient (Wildman–Crippen LogP) is 1.90. The van der Waals surface area contributed by atoms with E-state index in [9.17, 15) is 4.79 Å². The summed E-state index contributed by atoms with van der Waals surface area (Å²) in [5.41, 5.74) is -0.415. The fourth-order valence-electron chi connectivity index (χ4n) is 1.62. The van der Waals surface area contributed by atoms with Crippen molar-refractivity contribution in [3.8, 4) is 0 Å². The van der Waals surface area contributed by atoms with Gasteiger partial charge in [-0.3, -0.25) is 0 Å². The summed E-state index contributed by atoms with van der Waals surface area (Å²) >= 11 is 0. The fourth-order valence-corrected chi connectivity index (χ4v) is 1.62. The molecule has 1 atom stereocenters. The van der Waals surface area contributed by atoms with Crippen molar-refractivity contribution >= 4 is 6.09 Å². The number of carbonyl (C=O) groups excluding carboxylic acids is 1. The van der Waals surface area contributed by atoms with Gasteiger partial charge in [-0.25, -0.2) is 4.79 Å². The third-order valence-corrected chi connectivity index (χ3v) is 2.64. The fraction of sp³-hybridized carbons (Fsp3) is 0.917. The summed E-state index contributed by atoms with van der Waals surface area (Å²) in [5, 5.41) is 6.10. The summed E-state index contributed by atoms with van der Waals surface area (Å²) in [7, 11) is 0. The Balaban J connectivity index is 2.12. The molecule has 0 aromatic carbocycles. The van der Waals surface area contributed by atoms with E-state index in [1.165, 1.54) is 6.42 Å². The van der Waals surface area contributed by atoms with Gasteiger partial charge in [0.05, 0.1) is 0 Å². The molecule has 0 spiro atoms. The minimum atomic E-state index is -0.415. The Morgan fingerprint density at radius 1 is 1.50 bits per heavy atom. The molecular formula is C12H24N2O2. The molecule has 94 valence electrons. The maximum absolute atomic E-state index is 11.5. The number of carbonyl (C=O) groups is 1. The predicted molar refractivity (Wildman–Crippen MR) is 64.4 cm³/mol. The van der Waals surface area contributed by atoms with Crippen molar-refractivity contribution in [3.63, 3.8) is 0 Å². The Kier molecular flexibility index (Phi) is 4.59. The molecule has 1 unspecified atom stereocenters. The maximum Gasteiger partial charge on any atom is 0.407 e. The van der Waals surface area contributed by atoms with Crippen molar-refractivity contribution in [1.82, 2.24) is 10.6 Å². The zero-order valence-corrected chi connectivity index (χ0v) is 10.8. The van der Waals surface area contributed by atoms with Crippen LogP contribution in [0, 0.1) is 5.92 Å². The van der Waals surface area contributed by atoms with Gasteiger partial charge in [0, 0.05) is 6.04 Å². The van der Waals surface area contributed by atoms with E-state index >= 15 is 0 Å². The molecule has 1 saturated heterocycles. The minimum Gasteiger partial charge on any atom is -0.444 e. The first-order chi connectivity index (χ1) is 7.37. The van der Waals surface area contributed by atoms with E-state index in [2.05, 4.69) is 10.6 Å². The molecule has 4 heteroatoms. The first kappa shape index (κ1) is 13.3. The Hall–Kier alpha value is -0.770. The molecule has 4 nitrogen and oxygen atoms in total. The number of amides is 1. The van der Waals surface area contributed by atoms with E-state index in [1.807, 2.05) is 27.7 Å². The van der Waals surface area contributed by atoms with Crippen molar-refractivity contribution in [3.05, 3.63) is 0 Å². The summed E-state index contributed by atoms with van der Waals surface area (Å²) in [4.78, 5) is 11.5. The lowest BCUT2D eigenvalue weighted by Gasteiger charge is -2.28. The smallest absolute Gasteiger partial charge is 0.407 e. The SMILES string of the molecule is CC(CCC1CNC1)NC(=O)OC(C)(C)C. The summed E-state index contributed by atoms with van der Waals surface area (Å²) in [6.07, 6.45) is 1.88. The summed E-state index contributed by atoms with van der Waals surface area (Å²) in [5.74, 6) is 0.794. The largest absolute Gasteiger partial charge is 0.444 e. The molecule has 1 aliphatic rings. The van der Waals surface area contributed by atoms with Crippen LogP contribution in [0.25, 0.3) is 0 Å². The lowest BCUT2D eigenvalue weighted by Crippen LogP contribution is -2.43. The molecular weight excluding hydrogens is 204 g/mol. The lowest BCUT2D eigenvalue weighted by atomic mass is 9.95. The zero-order valence-electron chi connectivity index (χ0n) is 10.8. The summed E-state index contributed by atoms with van der Waals surface area (Å²) < 4.78 is 5.19. The summed E-state index contributed by atoms with van der Waals surface area (Å²) in [6.45, 7) is 9.89. The molecule has 1 rings (SSSR count). The van der Waals surface area contributed by atoms with Crippen molar-refractivity contribution in [2.75, 3.05) is 13.1 Å². The van der Waals surface area contributed by atoms with Crippen LogP contribution in [-0.2, 0) is 4.74 Å². The van der Waals surface area contributed by atoms with Gasteiger partial charge < -0.3 is 15.4 Å². The standard InChI is InChI=1S/C12H24N2O2/c1-9(5-6-10-7-13-8-10)14-11(15)16-12(2,3)4/h9-10,13H,5-8H2,1-4H3,(H,14,15). The van der Waals surface area contributed by atoms with Crippen LogP contribution in [0.2, 0.25) is 0 Å². The number of nitrogens with one attached hydrogen (secondary N) is 2. The van der Waals surface area contributed by atoms with Gasteiger partial charge in [0.15, 0.2) is 0 Å². The highest BCUT2D eigenvalue weighted by molar-refractivity contribution is 5.67. The van der Waals surface area contributed by atoms with E-state index in [0.29, 0.717) is 0 Å². The van der Waals surface area contributed by atoms with Crippen LogP contribution >= 0.6 is 0 Å². The normalized spacial score (nSPS) is 18.8. The third kappa shape index (κ3) is 5.35. The van der Waals surface area contributed by atoms with Gasteiger partial charge in [0.2, 0.25) is 0 Å². The summed E-state index contributed by atoms with van der Waals surface area (Å²) in [6, 6.07) is 0.190. The Labute approximate surface area is 98.1 Å². The average Bonchev–Trinajstić information content (AvgIpc) is 1.96. The van der Waals surface area contributed by atoms with Gasteiger partial charge >= 0.3 is 6.09 Å². The van der Waals surface area contributed by atoms with Crippen molar-refractivity contribution in [1.29, 1.82) is 0 Å². The van der Waals surface area contributed by atoms with Crippen LogP contribution < -0.4 is 10.6 Å². The Morgan fingerprint density at radius 3 is 2.56 bits per heavy atom. The highest BCUT2D eigenvalue weighted by Crippen LogP contribution is 2.13. The molecule has 0 saturated carbocycles. The molecule has 2 N–H and O–H groups in total. The monoisotopic (exact) mass is 228 g/mol. The molecule has 0 aromatic rings. The molecule has 1 amide bonds. The van der Waals surface area contributed by atoms with Gasteiger partial charge in [-0.1, -0.05) is 0 Å². The number of alkyl carbamates (subject to hydrolysis) is 1. The molecule has 1 aliphatic heterocycles. The molecule has 0 aromatic heterocycles. The van der Waals surface area contributed by atoms with Gasteiger partial charge in [0.25, 0.3) is 0 Å². The van der Waals surface area contributed by atoms with E-state index in [1.54, 1.807) is 0 Å². The number of hydrogen-bond acceptors (Lipinski definition) is 3. The van der Waals surface area contributed by atoms with Crippen LogP contribution in [0.15, 0.2) is 0 Å². The molecule has 1 fully saturated rings. The minimum absolute atomic E-state index is 0.190. The number of rotatable bonds is 4. The van der Waals surface area contributed by atoms with Crippen molar-refractivity contribution in [2.24, 2.45) is 5.92 Å². The topological polar surface area (TPSA) is 50.4 Å².